The Kier molecular flexibility index (Phi) is 5.90. The second-order valence-electron chi connectivity index (χ2n) is 8.12. The van der Waals surface area contributed by atoms with Gasteiger partial charge in [0, 0.05) is 37.2 Å². The fourth-order valence-corrected chi connectivity index (χ4v) is 4.52. The summed E-state index contributed by atoms with van der Waals surface area (Å²) in [7, 11) is 0.571. The van der Waals surface area contributed by atoms with Crippen molar-refractivity contribution in [2.45, 2.75) is 18.4 Å². The van der Waals surface area contributed by atoms with Crippen LogP contribution in [0.25, 0.3) is 22.4 Å². The van der Waals surface area contributed by atoms with Gasteiger partial charge in [-0.15, -0.1) is 0 Å². The van der Waals surface area contributed by atoms with Gasteiger partial charge in [-0.3, -0.25) is 4.79 Å². The summed E-state index contributed by atoms with van der Waals surface area (Å²) in [5.74, 6) is 0.177. The number of hydrogen-bond donors (Lipinski definition) is 2. The standard InChI is InChI=1S/C24H25N5O3S/c1-15-5-6-17(13-21(15)33(4,31)32)24(30)25-14-22-26-20-12-11-19(27-23(20)28-22)16-7-9-18(10-8-16)29(2)3/h5-13H,14H2,1-4H3,(H,25,30)(H,26,27,28). The van der Waals surface area contributed by atoms with E-state index in [-0.39, 0.29) is 22.9 Å². The predicted octanol–water partition coefficient (Wildman–Crippen LogP) is 3.33. The first-order valence-corrected chi connectivity index (χ1v) is 12.2. The van der Waals surface area contributed by atoms with Crippen LogP contribution in [-0.4, -0.2) is 49.6 Å². The monoisotopic (exact) mass is 463 g/mol. The van der Waals surface area contributed by atoms with E-state index in [0.29, 0.717) is 22.6 Å². The molecule has 0 aliphatic rings. The van der Waals surface area contributed by atoms with Crippen LogP contribution in [-0.2, 0) is 16.4 Å². The van der Waals surface area contributed by atoms with Crippen LogP contribution in [0.2, 0.25) is 0 Å². The molecule has 2 N–H and O–H groups in total. The lowest BCUT2D eigenvalue weighted by Gasteiger charge is -2.12. The van der Waals surface area contributed by atoms with Gasteiger partial charge in [-0.1, -0.05) is 18.2 Å². The average Bonchev–Trinajstić information content (AvgIpc) is 3.19. The molecule has 1 amide bonds. The average molecular weight is 464 g/mol. The third-order valence-corrected chi connectivity index (χ3v) is 6.58. The van der Waals surface area contributed by atoms with Gasteiger partial charge < -0.3 is 15.2 Å². The fourth-order valence-electron chi connectivity index (χ4n) is 3.53. The van der Waals surface area contributed by atoms with Gasteiger partial charge in [-0.25, -0.2) is 18.4 Å². The molecule has 0 atom stereocenters. The number of imidazole rings is 1. The van der Waals surface area contributed by atoms with Crippen molar-refractivity contribution in [3.63, 3.8) is 0 Å². The van der Waals surface area contributed by atoms with Crippen LogP contribution in [0.3, 0.4) is 0 Å². The van der Waals surface area contributed by atoms with E-state index < -0.39 is 9.84 Å². The molecule has 4 aromatic rings. The number of carbonyl (C=O) groups excluding carboxylic acids is 1. The minimum atomic E-state index is -3.42. The Morgan fingerprint density at radius 1 is 1.03 bits per heavy atom. The van der Waals surface area contributed by atoms with E-state index in [1.807, 2.05) is 55.4 Å². The zero-order chi connectivity index (χ0) is 23.8. The van der Waals surface area contributed by atoms with E-state index in [1.165, 1.54) is 6.07 Å². The molecule has 0 bridgehead atoms. The normalized spacial score (nSPS) is 11.5. The number of benzene rings is 2. The number of carbonyl (C=O) groups is 1. The predicted molar refractivity (Wildman–Crippen MR) is 129 cm³/mol. The van der Waals surface area contributed by atoms with Gasteiger partial charge in [0.1, 0.15) is 11.3 Å². The molecule has 0 spiro atoms. The molecule has 0 radical (unpaired) electrons. The number of rotatable bonds is 6. The topological polar surface area (TPSA) is 108 Å². The largest absolute Gasteiger partial charge is 0.378 e. The molecule has 9 heteroatoms. The summed E-state index contributed by atoms with van der Waals surface area (Å²) < 4.78 is 23.9. The van der Waals surface area contributed by atoms with E-state index in [0.717, 1.165) is 23.2 Å². The lowest BCUT2D eigenvalue weighted by molar-refractivity contribution is 0.0949. The zero-order valence-corrected chi connectivity index (χ0v) is 19.7. The van der Waals surface area contributed by atoms with Crippen molar-refractivity contribution < 1.29 is 13.2 Å². The Hall–Kier alpha value is -3.72. The highest BCUT2D eigenvalue weighted by atomic mass is 32.2. The Balaban J connectivity index is 1.50. The number of H-pyrrole nitrogens is 1. The molecule has 8 nitrogen and oxygen atoms in total. The van der Waals surface area contributed by atoms with Crippen LogP contribution in [0.15, 0.2) is 59.5 Å². The summed E-state index contributed by atoms with van der Waals surface area (Å²) in [6, 6.07) is 16.5. The van der Waals surface area contributed by atoms with Crippen LogP contribution in [0.4, 0.5) is 5.69 Å². The number of hydrogen-bond acceptors (Lipinski definition) is 6. The van der Waals surface area contributed by atoms with Crippen molar-refractivity contribution in [3.05, 3.63) is 71.5 Å². The fraction of sp³-hybridized carbons (Fsp3) is 0.208. The molecule has 33 heavy (non-hydrogen) atoms. The maximum absolute atomic E-state index is 12.6. The van der Waals surface area contributed by atoms with E-state index >= 15 is 0 Å². The number of nitrogens with one attached hydrogen (secondary N) is 2. The summed E-state index contributed by atoms with van der Waals surface area (Å²) in [6.07, 6.45) is 1.13. The van der Waals surface area contributed by atoms with Crippen LogP contribution < -0.4 is 10.2 Å². The van der Waals surface area contributed by atoms with Crippen molar-refractivity contribution in [2.75, 3.05) is 25.3 Å². The number of pyridine rings is 1. The van der Waals surface area contributed by atoms with Gasteiger partial charge in [0.05, 0.1) is 17.1 Å². The number of aromatic amines is 1. The Morgan fingerprint density at radius 2 is 1.76 bits per heavy atom. The maximum Gasteiger partial charge on any atom is 0.251 e. The number of aromatic nitrogens is 3. The second kappa shape index (κ2) is 8.67. The SMILES string of the molecule is Cc1ccc(C(=O)NCc2nc3ccc(-c4ccc(N(C)C)cc4)nc3[nH]2)cc1S(C)(=O)=O. The molecular weight excluding hydrogens is 438 g/mol. The van der Waals surface area contributed by atoms with E-state index in [1.54, 1.807) is 19.1 Å². The number of aryl methyl sites for hydroxylation is 1. The molecule has 0 aliphatic heterocycles. The van der Waals surface area contributed by atoms with Crippen LogP contribution in [0.1, 0.15) is 21.7 Å². The Labute approximate surface area is 192 Å². The Bertz CT molecular complexity index is 1440. The van der Waals surface area contributed by atoms with Crippen LogP contribution in [0, 0.1) is 6.92 Å². The van der Waals surface area contributed by atoms with Crippen molar-refractivity contribution in [2.24, 2.45) is 0 Å². The molecule has 170 valence electrons. The van der Waals surface area contributed by atoms with Crippen molar-refractivity contribution in [1.29, 1.82) is 0 Å². The lowest BCUT2D eigenvalue weighted by Crippen LogP contribution is -2.23. The molecule has 0 aliphatic carbocycles. The minimum Gasteiger partial charge on any atom is -0.378 e. The first-order chi connectivity index (χ1) is 15.6. The van der Waals surface area contributed by atoms with Gasteiger partial charge in [0.2, 0.25) is 0 Å². The lowest BCUT2D eigenvalue weighted by atomic mass is 10.1. The highest BCUT2D eigenvalue weighted by Gasteiger charge is 2.15. The first-order valence-electron chi connectivity index (χ1n) is 10.3. The van der Waals surface area contributed by atoms with E-state index in [2.05, 4.69) is 20.3 Å². The molecule has 2 aromatic carbocycles. The number of fused-ring (bicyclic) bond motifs is 1. The van der Waals surface area contributed by atoms with Crippen LogP contribution >= 0.6 is 0 Å². The number of nitrogens with zero attached hydrogens (tertiary/aromatic N) is 3. The van der Waals surface area contributed by atoms with Gasteiger partial charge >= 0.3 is 0 Å². The highest BCUT2D eigenvalue weighted by Crippen LogP contribution is 2.23. The molecule has 4 rings (SSSR count). The van der Waals surface area contributed by atoms with Crippen LogP contribution in [0.5, 0.6) is 0 Å². The van der Waals surface area contributed by atoms with Gasteiger partial charge in [-0.2, -0.15) is 0 Å². The van der Waals surface area contributed by atoms with Gasteiger partial charge in [0.15, 0.2) is 15.5 Å². The quantitative estimate of drug-likeness (QED) is 0.454. The molecule has 2 aromatic heterocycles. The third-order valence-electron chi connectivity index (χ3n) is 5.34. The Morgan fingerprint density at radius 3 is 2.42 bits per heavy atom. The zero-order valence-electron chi connectivity index (χ0n) is 18.9. The smallest absolute Gasteiger partial charge is 0.251 e. The van der Waals surface area contributed by atoms with E-state index in [4.69, 9.17) is 0 Å². The molecule has 0 saturated carbocycles. The van der Waals surface area contributed by atoms with Crippen molar-refractivity contribution >= 4 is 32.6 Å². The summed E-state index contributed by atoms with van der Waals surface area (Å²) in [5.41, 5.74) is 5.12. The molecule has 0 unspecified atom stereocenters. The number of amides is 1. The first kappa shape index (κ1) is 22.5. The molecule has 0 saturated heterocycles. The third kappa shape index (κ3) is 4.88. The van der Waals surface area contributed by atoms with Crippen molar-refractivity contribution in [3.8, 4) is 11.3 Å². The highest BCUT2D eigenvalue weighted by molar-refractivity contribution is 7.90. The summed E-state index contributed by atoms with van der Waals surface area (Å²) >= 11 is 0. The maximum atomic E-state index is 12.6. The summed E-state index contributed by atoms with van der Waals surface area (Å²) in [4.78, 5) is 27.1. The van der Waals surface area contributed by atoms with Gasteiger partial charge in [-0.05, 0) is 48.9 Å². The molecule has 0 fully saturated rings. The molecule has 2 heterocycles. The van der Waals surface area contributed by atoms with Gasteiger partial charge in [0.25, 0.3) is 5.91 Å². The van der Waals surface area contributed by atoms with Crippen molar-refractivity contribution in [1.82, 2.24) is 20.3 Å². The second-order valence-corrected chi connectivity index (χ2v) is 10.1. The molecular formula is C24H25N5O3S. The summed E-state index contributed by atoms with van der Waals surface area (Å²) in [5, 5.41) is 2.78. The summed E-state index contributed by atoms with van der Waals surface area (Å²) in [6.45, 7) is 1.86. The minimum absolute atomic E-state index is 0.147. The van der Waals surface area contributed by atoms with E-state index in [9.17, 15) is 13.2 Å². The number of anilines is 1. The number of sulfone groups is 1.